The average molecular weight is 531 g/mol. The van der Waals surface area contributed by atoms with Crippen LogP contribution in [0, 0.1) is 11.8 Å². The van der Waals surface area contributed by atoms with Gasteiger partial charge in [-0.05, 0) is 54.7 Å². The molecule has 2 fully saturated rings. The van der Waals surface area contributed by atoms with Crippen LogP contribution < -0.4 is 4.74 Å². The Morgan fingerprint density at radius 1 is 1.16 bits per heavy atom. The first kappa shape index (κ1) is 27.8. The zero-order valence-electron chi connectivity index (χ0n) is 23.3. The minimum absolute atomic E-state index is 0.0188. The fraction of sp³-hybridized carbons (Fsp3) is 0.643. The van der Waals surface area contributed by atoms with E-state index in [1.165, 1.54) is 0 Å². The van der Waals surface area contributed by atoms with Crippen molar-refractivity contribution in [2.24, 2.45) is 11.8 Å². The summed E-state index contributed by atoms with van der Waals surface area (Å²) in [4.78, 5) is 34.9. The number of hydrogen-bond donors (Lipinski definition) is 0. The lowest BCUT2D eigenvalue weighted by molar-refractivity contribution is -0.163. The van der Waals surface area contributed by atoms with Crippen LogP contribution in [0.4, 0.5) is 0 Å². The molecule has 0 aromatic heterocycles. The highest BCUT2D eigenvalue weighted by molar-refractivity contribution is 6.73. The Morgan fingerprint density at radius 2 is 1.81 bits per heavy atom. The molecule has 1 aromatic rings. The van der Waals surface area contributed by atoms with Crippen LogP contribution >= 0.6 is 0 Å². The Bertz CT molecular complexity index is 1020. The van der Waals surface area contributed by atoms with E-state index in [0.717, 1.165) is 48.0 Å². The van der Waals surface area contributed by atoms with Crippen LogP contribution in [0.3, 0.4) is 0 Å². The molecule has 204 valence electrons. The first-order valence-corrected chi connectivity index (χ1v) is 16.2. The summed E-state index contributed by atoms with van der Waals surface area (Å²) < 4.78 is 17.7. The van der Waals surface area contributed by atoms with Crippen molar-refractivity contribution in [3.63, 3.8) is 0 Å². The van der Waals surface area contributed by atoms with Crippen molar-refractivity contribution in [3.8, 4) is 5.75 Å². The fourth-order valence-electron chi connectivity index (χ4n) is 6.25. The Hall–Kier alpha value is -2.20. The topological polar surface area (TPSA) is 77.5 Å². The van der Waals surface area contributed by atoms with E-state index in [2.05, 4.69) is 27.7 Å². The van der Waals surface area contributed by atoms with Gasteiger partial charge in [0, 0.05) is 19.5 Å². The molecule has 1 amide bonds. The highest BCUT2D eigenvalue weighted by atomic mass is 28.4. The van der Waals surface area contributed by atoms with Gasteiger partial charge in [0.25, 0.3) is 0 Å². The first-order valence-electron chi connectivity index (χ1n) is 13.6. The maximum atomic E-state index is 13.6. The fourth-order valence-corrected chi connectivity index (χ4v) is 9.18. The molecule has 2 saturated heterocycles. The molecule has 3 aliphatic heterocycles. The molecule has 0 spiro atoms. The standard InChI is InChI=1S/C28H42N2O6Si/c1-8-37(9-2,10-3)36-19(5)24-25-18(4)23(22-15-16-29(6)35-22)26(30(25)27(24)31)28(32)34-17-20-11-13-21(33-7)14-12-20/h11-14,18-19,22,24-25H,8-10,15-17H2,1-7H3/t18-,19+,22-,24+,25+/m0/s1. The number of ether oxygens (including phenoxy) is 2. The van der Waals surface area contributed by atoms with E-state index in [0.29, 0.717) is 5.70 Å². The van der Waals surface area contributed by atoms with Gasteiger partial charge in [0.1, 0.15) is 24.2 Å². The Morgan fingerprint density at radius 3 is 2.35 bits per heavy atom. The lowest BCUT2D eigenvalue weighted by Gasteiger charge is -2.49. The number of β-lactam (4-membered cyclic amide) rings is 1. The predicted molar refractivity (Wildman–Crippen MR) is 143 cm³/mol. The van der Waals surface area contributed by atoms with E-state index in [9.17, 15) is 9.59 Å². The highest BCUT2D eigenvalue weighted by Crippen LogP contribution is 2.50. The number of amides is 1. The summed E-state index contributed by atoms with van der Waals surface area (Å²) >= 11 is 0. The van der Waals surface area contributed by atoms with Gasteiger partial charge in [0.15, 0.2) is 8.32 Å². The summed E-state index contributed by atoms with van der Waals surface area (Å²) in [6.45, 7) is 11.6. The minimum Gasteiger partial charge on any atom is -0.497 e. The number of carbonyl (C=O) groups is 2. The molecule has 37 heavy (non-hydrogen) atoms. The SMILES string of the molecule is CC[Si](CC)(CC)O[C@H](C)[C@H]1C(=O)N2C(C(=O)OCc3ccc(OC)cc3)=C([C@@H]3CCN(C)O3)[C@H](C)[C@H]12. The van der Waals surface area contributed by atoms with Crippen LogP contribution in [0.25, 0.3) is 0 Å². The minimum atomic E-state index is -1.89. The quantitative estimate of drug-likeness (QED) is 0.237. The third-order valence-corrected chi connectivity index (χ3v) is 13.4. The third-order valence-electron chi connectivity index (χ3n) is 8.66. The highest BCUT2D eigenvalue weighted by Gasteiger charge is 2.62. The smallest absolute Gasteiger partial charge is 0.355 e. The van der Waals surface area contributed by atoms with Gasteiger partial charge < -0.3 is 18.8 Å². The first-order chi connectivity index (χ1) is 17.7. The number of carbonyl (C=O) groups excluding carboxylic acids is 2. The third kappa shape index (κ3) is 5.11. The van der Waals surface area contributed by atoms with E-state index >= 15 is 0 Å². The molecule has 0 saturated carbocycles. The van der Waals surface area contributed by atoms with Crippen molar-refractivity contribution in [1.29, 1.82) is 0 Å². The summed E-state index contributed by atoms with van der Waals surface area (Å²) in [7, 11) is 1.62. The Balaban J connectivity index is 1.57. The number of fused-ring (bicyclic) bond motifs is 1. The molecule has 3 aliphatic rings. The molecule has 0 bridgehead atoms. The number of hydrogen-bond acceptors (Lipinski definition) is 7. The van der Waals surface area contributed by atoms with E-state index in [4.69, 9.17) is 18.7 Å². The van der Waals surface area contributed by atoms with Gasteiger partial charge in [-0.3, -0.25) is 9.63 Å². The van der Waals surface area contributed by atoms with Crippen molar-refractivity contribution in [1.82, 2.24) is 9.96 Å². The molecule has 5 atom stereocenters. The number of benzene rings is 1. The Labute approximate surface area is 222 Å². The summed E-state index contributed by atoms with van der Waals surface area (Å²) in [5.41, 5.74) is 2.09. The Kier molecular flexibility index (Phi) is 8.47. The van der Waals surface area contributed by atoms with Gasteiger partial charge in [0.05, 0.1) is 25.2 Å². The second-order valence-electron chi connectivity index (χ2n) is 10.5. The number of nitrogens with zero attached hydrogens (tertiary/aromatic N) is 2. The molecular weight excluding hydrogens is 488 g/mol. The average Bonchev–Trinajstić information content (AvgIpc) is 3.44. The van der Waals surface area contributed by atoms with Crippen molar-refractivity contribution >= 4 is 20.2 Å². The molecule has 1 aromatic carbocycles. The number of methoxy groups -OCH3 is 1. The van der Waals surface area contributed by atoms with E-state index < -0.39 is 14.3 Å². The predicted octanol–water partition coefficient (Wildman–Crippen LogP) is 4.52. The largest absolute Gasteiger partial charge is 0.497 e. The van der Waals surface area contributed by atoms with Crippen molar-refractivity contribution in [3.05, 3.63) is 41.1 Å². The van der Waals surface area contributed by atoms with Gasteiger partial charge in [0.2, 0.25) is 5.91 Å². The van der Waals surface area contributed by atoms with Gasteiger partial charge >= 0.3 is 5.97 Å². The van der Waals surface area contributed by atoms with Crippen molar-refractivity contribution < 1.29 is 28.3 Å². The van der Waals surface area contributed by atoms with Crippen LogP contribution in [0.1, 0.15) is 46.6 Å². The van der Waals surface area contributed by atoms with Crippen LogP contribution in [-0.2, 0) is 30.2 Å². The molecule has 3 heterocycles. The van der Waals surface area contributed by atoms with E-state index in [-0.39, 0.29) is 42.6 Å². The van der Waals surface area contributed by atoms with Crippen molar-refractivity contribution in [2.45, 2.75) is 84.0 Å². The van der Waals surface area contributed by atoms with Gasteiger partial charge in [-0.25, -0.2) is 4.79 Å². The second-order valence-corrected chi connectivity index (χ2v) is 15.3. The van der Waals surface area contributed by atoms with Crippen LogP contribution in [-0.4, -0.2) is 69.1 Å². The van der Waals surface area contributed by atoms with Gasteiger partial charge in [-0.1, -0.05) is 39.8 Å². The van der Waals surface area contributed by atoms with Gasteiger partial charge in [-0.2, -0.15) is 5.06 Å². The van der Waals surface area contributed by atoms with Crippen LogP contribution in [0.2, 0.25) is 18.1 Å². The molecule has 0 radical (unpaired) electrons. The monoisotopic (exact) mass is 530 g/mol. The van der Waals surface area contributed by atoms with Gasteiger partial charge in [-0.15, -0.1) is 0 Å². The number of rotatable bonds is 11. The molecular formula is C28H42N2O6Si. The van der Waals surface area contributed by atoms with Crippen LogP contribution in [0.5, 0.6) is 5.75 Å². The number of hydroxylamine groups is 2. The van der Waals surface area contributed by atoms with Crippen molar-refractivity contribution in [2.75, 3.05) is 20.7 Å². The zero-order valence-corrected chi connectivity index (χ0v) is 24.3. The normalized spacial score (nSPS) is 26.8. The molecule has 8 nitrogen and oxygen atoms in total. The maximum absolute atomic E-state index is 13.6. The van der Waals surface area contributed by atoms with E-state index in [1.807, 2.05) is 38.2 Å². The summed E-state index contributed by atoms with van der Waals surface area (Å²) in [6.07, 6.45) is 0.342. The summed E-state index contributed by atoms with van der Waals surface area (Å²) in [6, 6.07) is 10.4. The molecule has 4 rings (SSSR count). The lowest BCUT2D eigenvalue weighted by atomic mass is 9.77. The molecule has 0 unspecified atom stereocenters. The summed E-state index contributed by atoms with van der Waals surface area (Å²) in [5.74, 6) is -0.0708. The molecule has 0 aliphatic carbocycles. The lowest BCUT2D eigenvalue weighted by Crippen LogP contribution is -2.65. The molecule has 9 heteroatoms. The summed E-state index contributed by atoms with van der Waals surface area (Å²) in [5, 5.41) is 1.80. The number of esters is 1. The molecule has 0 N–H and O–H groups in total. The zero-order chi connectivity index (χ0) is 26.9. The van der Waals surface area contributed by atoms with Crippen LogP contribution in [0.15, 0.2) is 35.5 Å². The van der Waals surface area contributed by atoms with E-state index in [1.54, 1.807) is 17.1 Å². The maximum Gasteiger partial charge on any atom is 0.355 e. The second kappa shape index (κ2) is 11.3.